The van der Waals surface area contributed by atoms with E-state index in [1.165, 1.54) is 24.3 Å². The number of carboxylic acid groups (broad SMARTS) is 1. The van der Waals surface area contributed by atoms with Crippen molar-refractivity contribution >= 4 is 15.8 Å². The van der Waals surface area contributed by atoms with Crippen molar-refractivity contribution in [1.82, 2.24) is 0 Å². The van der Waals surface area contributed by atoms with Gasteiger partial charge >= 0.3 is 5.97 Å². The standard InChI is InChI=1S/C13H18O5S/c1-4-13(16,12(14)15)9(2)10-5-7-11(8-6-10)19(3,17)18/h5-9,16H,4H2,1-3H3,(H,14,15). The lowest BCUT2D eigenvalue weighted by atomic mass is 9.81. The van der Waals surface area contributed by atoms with E-state index in [9.17, 15) is 18.3 Å². The fourth-order valence-electron chi connectivity index (χ4n) is 1.92. The van der Waals surface area contributed by atoms with E-state index in [0.717, 1.165) is 6.26 Å². The molecule has 0 saturated carbocycles. The van der Waals surface area contributed by atoms with E-state index in [4.69, 9.17) is 5.11 Å². The van der Waals surface area contributed by atoms with Crippen LogP contribution in [0.15, 0.2) is 29.2 Å². The Hall–Kier alpha value is -1.40. The second-order valence-electron chi connectivity index (χ2n) is 4.65. The molecule has 0 aliphatic heterocycles. The number of aliphatic hydroxyl groups is 1. The van der Waals surface area contributed by atoms with E-state index in [1.54, 1.807) is 13.8 Å². The van der Waals surface area contributed by atoms with Gasteiger partial charge in [-0.15, -0.1) is 0 Å². The summed E-state index contributed by atoms with van der Waals surface area (Å²) in [7, 11) is -3.28. The summed E-state index contributed by atoms with van der Waals surface area (Å²) >= 11 is 0. The molecule has 0 heterocycles. The summed E-state index contributed by atoms with van der Waals surface area (Å²) in [4.78, 5) is 11.3. The molecule has 0 aromatic heterocycles. The summed E-state index contributed by atoms with van der Waals surface area (Å²) in [6, 6.07) is 5.90. The molecule has 1 aromatic carbocycles. The number of rotatable bonds is 5. The molecule has 2 N–H and O–H groups in total. The van der Waals surface area contributed by atoms with Crippen molar-refractivity contribution in [2.45, 2.75) is 36.7 Å². The molecule has 0 amide bonds. The molecular formula is C13H18O5S. The van der Waals surface area contributed by atoms with Gasteiger partial charge < -0.3 is 10.2 Å². The van der Waals surface area contributed by atoms with Gasteiger partial charge in [-0.05, 0) is 24.1 Å². The van der Waals surface area contributed by atoms with E-state index >= 15 is 0 Å². The van der Waals surface area contributed by atoms with Crippen molar-refractivity contribution < 1.29 is 23.4 Å². The number of carbonyl (C=O) groups is 1. The fraction of sp³-hybridized carbons (Fsp3) is 0.462. The fourth-order valence-corrected chi connectivity index (χ4v) is 2.55. The van der Waals surface area contributed by atoms with Crippen LogP contribution < -0.4 is 0 Å². The summed E-state index contributed by atoms with van der Waals surface area (Å²) in [6.45, 7) is 3.20. The number of hydrogen-bond acceptors (Lipinski definition) is 4. The highest BCUT2D eigenvalue weighted by Crippen LogP contribution is 2.31. The normalized spacial score (nSPS) is 16.6. The Bertz CT molecular complexity index is 561. The van der Waals surface area contributed by atoms with Crippen LogP contribution in [-0.2, 0) is 14.6 Å². The zero-order chi connectivity index (χ0) is 14.8. The highest BCUT2D eigenvalue weighted by molar-refractivity contribution is 7.90. The van der Waals surface area contributed by atoms with E-state index in [0.29, 0.717) is 5.56 Å². The predicted octanol–water partition coefficient (Wildman–Crippen LogP) is 1.42. The van der Waals surface area contributed by atoms with Crippen LogP contribution in [0.4, 0.5) is 0 Å². The van der Waals surface area contributed by atoms with Gasteiger partial charge in [-0.1, -0.05) is 26.0 Å². The zero-order valence-electron chi connectivity index (χ0n) is 11.1. The van der Waals surface area contributed by atoms with Gasteiger partial charge in [0.1, 0.15) is 0 Å². The summed E-state index contributed by atoms with van der Waals surface area (Å²) < 4.78 is 22.7. The second-order valence-corrected chi connectivity index (χ2v) is 6.66. The summed E-state index contributed by atoms with van der Waals surface area (Å²) in [5.41, 5.74) is -1.27. The minimum atomic E-state index is -3.28. The maximum atomic E-state index is 11.3. The van der Waals surface area contributed by atoms with Crippen molar-refractivity contribution in [2.75, 3.05) is 6.26 Å². The molecule has 1 aromatic rings. The Kier molecular flexibility index (Phi) is 4.37. The lowest BCUT2D eigenvalue weighted by Crippen LogP contribution is -2.42. The van der Waals surface area contributed by atoms with Crippen LogP contribution in [-0.4, -0.2) is 36.5 Å². The minimum absolute atomic E-state index is 0.0668. The predicted molar refractivity (Wildman–Crippen MR) is 70.8 cm³/mol. The molecule has 2 atom stereocenters. The zero-order valence-corrected chi connectivity index (χ0v) is 11.9. The lowest BCUT2D eigenvalue weighted by molar-refractivity contribution is -0.161. The molecule has 0 saturated heterocycles. The first-order chi connectivity index (χ1) is 8.63. The molecule has 0 fully saturated rings. The molecule has 6 heteroatoms. The minimum Gasteiger partial charge on any atom is -0.479 e. The van der Waals surface area contributed by atoms with Crippen LogP contribution in [0.3, 0.4) is 0 Å². The molecule has 0 aliphatic rings. The summed E-state index contributed by atoms with van der Waals surface area (Å²) in [5.74, 6) is -1.92. The number of benzene rings is 1. The van der Waals surface area contributed by atoms with Crippen molar-refractivity contribution in [3.8, 4) is 0 Å². The van der Waals surface area contributed by atoms with Gasteiger partial charge in [-0.25, -0.2) is 13.2 Å². The average molecular weight is 286 g/mol. The summed E-state index contributed by atoms with van der Waals surface area (Å²) in [6.07, 6.45) is 1.17. The van der Waals surface area contributed by atoms with E-state index in [-0.39, 0.29) is 11.3 Å². The monoisotopic (exact) mass is 286 g/mol. The average Bonchev–Trinajstić information content (AvgIpc) is 2.35. The van der Waals surface area contributed by atoms with E-state index < -0.39 is 27.3 Å². The molecule has 19 heavy (non-hydrogen) atoms. The number of hydrogen-bond donors (Lipinski definition) is 2. The number of carboxylic acids is 1. The van der Waals surface area contributed by atoms with E-state index in [1.807, 2.05) is 0 Å². The summed E-state index contributed by atoms with van der Waals surface area (Å²) in [5, 5.41) is 19.2. The topological polar surface area (TPSA) is 91.7 Å². The first-order valence-electron chi connectivity index (χ1n) is 5.88. The Morgan fingerprint density at radius 1 is 1.32 bits per heavy atom. The Morgan fingerprint density at radius 2 is 1.79 bits per heavy atom. The number of aliphatic carboxylic acids is 1. The molecule has 5 nitrogen and oxygen atoms in total. The molecule has 1 rings (SSSR count). The van der Waals surface area contributed by atoms with Gasteiger partial charge in [0.05, 0.1) is 4.90 Å². The maximum Gasteiger partial charge on any atom is 0.336 e. The first kappa shape index (κ1) is 15.7. The van der Waals surface area contributed by atoms with Gasteiger partial charge in [0.2, 0.25) is 0 Å². The van der Waals surface area contributed by atoms with Gasteiger partial charge in [0.25, 0.3) is 0 Å². The highest BCUT2D eigenvalue weighted by Gasteiger charge is 2.40. The highest BCUT2D eigenvalue weighted by atomic mass is 32.2. The third-order valence-corrected chi connectivity index (χ3v) is 4.56. The van der Waals surface area contributed by atoms with Gasteiger partial charge in [0, 0.05) is 12.2 Å². The van der Waals surface area contributed by atoms with Crippen molar-refractivity contribution in [3.05, 3.63) is 29.8 Å². The second kappa shape index (κ2) is 5.30. The largest absolute Gasteiger partial charge is 0.479 e. The van der Waals surface area contributed by atoms with Crippen molar-refractivity contribution in [2.24, 2.45) is 0 Å². The maximum absolute atomic E-state index is 11.3. The van der Waals surface area contributed by atoms with Gasteiger partial charge in [-0.3, -0.25) is 0 Å². The SMILES string of the molecule is CCC(O)(C(=O)O)C(C)c1ccc(S(C)(=O)=O)cc1. The van der Waals surface area contributed by atoms with Crippen molar-refractivity contribution in [1.29, 1.82) is 0 Å². The molecule has 0 bridgehead atoms. The van der Waals surface area contributed by atoms with Crippen molar-refractivity contribution in [3.63, 3.8) is 0 Å². The quantitative estimate of drug-likeness (QED) is 0.854. The Labute approximate surface area is 112 Å². The Balaban J connectivity index is 3.15. The van der Waals surface area contributed by atoms with Crippen LogP contribution in [0.2, 0.25) is 0 Å². The molecule has 0 spiro atoms. The molecule has 0 aliphatic carbocycles. The molecule has 0 radical (unpaired) electrons. The van der Waals surface area contributed by atoms with Crippen LogP contribution in [0.5, 0.6) is 0 Å². The van der Waals surface area contributed by atoms with Crippen LogP contribution in [0.1, 0.15) is 31.7 Å². The third kappa shape index (κ3) is 3.13. The number of sulfone groups is 1. The Morgan fingerprint density at radius 3 is 2.11 bits per heavy atom. The molecular weight excluding hydrogens is 268 g/mol. The molecule has 2 unspecified atom stereocenters. The first-order valence-corrected chi connectivity index (χ1v) is 7.78. The van der Waals surface area contributed by atoms with Crippen LogP contribution >= 0.6 is 0 Å². The third-order valence-electron chi connectivity index (χ3n) is 3.43. The molecule has 106 valence electrons. The van der Waals surface area contributed by atoms with Gasteiger partial charge in [0.15, 0.2) is 15.4 Å². The smallest absolute Gasteiger partial charge is 0.336 e. The lowest BCUT2D eigenvalue weighted by Gasteiger charge is -2.29. The van der Waals surface area contributed by atoms with E-state index in [2.05, 4.69) is 0 Å². The van der Waals surface area contributed by atoms with Crippen LogP contribution in [0.25, 0.3) is 0 Å². The van der Waals surface area contributed by atoms with Crippen LogP contribution in [0, 0.1) is 0 Å². The van der Waals surface area contributed by atoms with Gasteiger partial charge in [-0.2, -0.15) is 0 Å².